The highest BCUT2D eigenvalue weighted by Gasteiger charge is 2.17. The zero-order valence-electron chi connectivity index (χ0n) is 13.9. The maximum absolute atomic E-state index is 5.92. The van der Waals surface area contributed by atoms with Gasteiger partial charge in [-0.1, -0.05) is 36.0 Å². The fourth-order valence-electron chi connectivity index (χ4n) is 3.44. The summed E-state index contributed by atoms with van der Waals surface area (Å²) in [5, 5.41) is 15.4. The maximum Gasteiger partial charge on any atom is 0.235 e. The van der Waals surface area contributed by atoms with Crippen LogP contribution < -0.4 is 0 Å². The lowest BCUT2D eigenvalue weighted by molar-refractivity contribution is 0.231. The standard InChI is InChI=1S/C18H19N5OS/c1-4-9-22(10-5-1)11-8-16-21-23-17(19-20-18(23)25-16)15-12-13-6-2-3-7-14(13)24-15/h2-3,6-7,12H,1,4-5,8-11H2. The molecular weight excluding hydrogens is 334 g/mol. The summed E-state index contributed by atoms with van der Waals surface area (Å²) in [6.45, 7) is 3.51. The summed E-state index contributed by atoms with van der Waals surface area (Å²) in [6, 6.07) is 9.96. The van der Waals surface area contributed by atoms with Crippen LogP contribution in [-0.2, 0) is 6.42 Å². The number of rotatable bonds is 4. The van der Waals surface area contributed by atoms with Crippen LogP contribution in [-0.4, -0.2) is 44.3 Å². The number of nitrogens with zero attached hydrogens (tertiary/aromatic N) is 5. The van der Waals surface area contributed by atoms with Crippen molar-refractivity contribution in [2.24, 2.45) is 0 Å². The Balaban J connectivity index is 1.41. The molecule has 1 aliphatic heterocycles. The summed E-state index contributed by atoms with van der Waals surface area (Å²) in [4.78, 5) is 3.36. The molecule has 6 nitrogen and oxygen atoms in total. The predicted octanol–water partition coefficient (Wildman–Crippen LogP) is 3.63. The first-order valence-electron chi connectivity index (χ1n) is 8.79. The van der Waals surface area contributed by atoms with Crippen molar-refractivity contribution in [1.29, 1.82) is 0 Å². The van der Waals surface area contributed by atoms with Gasteiger partial charge >= 0.3 is 0 Å². The van der Waals surface area contributed by atoms with Gasteiger partial charge in [-0.05, 0) is 38.1 Å². The Labute approximate surface area is 149 Å². The number of likely N-dealkylation sites (tertiary alicyclic amines) is 1. The van der Waals surface area contributed by atoms with Gasteiger partial charge in [-0.25, -0.2) is 0 Å². The second kappa shape index (κ2) is 6.24. The lowest BCUT2D eigenvalue weighted by Gasteiger charge is -2.25. The lowest BCUT2D eigenvalue weighted by atomic mass is 10.1. The first kappa shape index (κ1) is 15.0. The number of aromatic nitrogens is 4. The van der Waals surface area contributed by atoms with Crippen molar-refractivity contribution >= 4 is 27.3 Å². The Morgan fingerprint density at radius 2 is 1.96 bits per heavy atom. The van der Waals surface area contributed by atoms with Crippen LogP contribution in [0, 0.1) is 0 Å². The summed E-state index contributed by atoms with van der Waals surface area (Å²) in [6.07, 6.45) is 4.98. The molecule has 1 aliphatic rings. The Morgan fingerprint density at radius 3 is 2.84 bits per heavy atom. The van der Waals surface area contributed by atoms with Crippen molar-refractivity contribution in [2.45, 2.75) is 25.7 Å². The number of piperidine rings is 1. The maximum atomic E-state index is 5.92. The highest BCUT2D eigenvalue weighted by molar-refractivity contribution is 7.16. The quantitative estimate of drug-likeness (QED) is 0.561. The molecule has 0 aliphatic carbocycles. The van der Waals surface area contributed by atoms with Gasteiger partial charge in [-0.15, -0.1) is 10.2 Å². The molecule has 1 saturated heterocycles. The van der Waals surface area contributed by atoms with Gasteiger partial charge in [0, 0.05) is 18.4 Å². The number of para-hydroxylation sites is 1. The highest BCUT2D eigenvalue weighted by atomic mass is 32.1. The average molecular weight is 353 g/mol. The van der Waals surface area contributed by atoms with Crippen molar-refractivity contribution in [2.75, 3.05) is 19.6 Å². The van der Waals surface area contributed by atoms with E-state index < -0.39 is 0 Å². The topological polar surface area (TPSA) is 59.5 Å². The summed E-state index contributed by atoms with van der Waals surface area (Å²) in [5.74, 6) is 1.38. The molecule has 3 aromatic heterocycles. The monoisotopic (exact) mass is 353 g/mol. The van der Waals surface area contributed by atoms with Crippen LogP contribution >= 0.6 is 11.3 Å². The van der Waals surface area contributed by atoms with E-state index >= 15 is 0 Å². The van der Waals surface area contributed by atoms with E-state index in [4.69, 9.17) is 9.52 Å². The van der Waals surface area contributed by atoms with Crippen LogP contribution in [0.4, 0.5) is 0 Å². The largest absolute Gasteiger partial charge is 0.453 e. The summed E-state index contributed by atoms with van der Waals surface area (Å²) in [7, 11) is 0. The van der Waals surface area contributed by atoms with Crippen molar-refractivity contribution in [3.63, 3.8) is 0 Å². The molecule has 5 rings (SSSR count). The zero-order chi connectivity index (χ0) is 16.6. The zero-order valence-corrected chi connectivity index (χ0v) is 14.7. The summed E-state index contributed by atoms with van der Waals surface area (Å²) in [5.41, 5.74) is 0.856. The Morgan fingerprint density at radius 1 is 1.08 bits per heavy atom. The van der Waals surface area contributed by atoms with Gasteiger partial charge in [0.15, 0.2) is 5.76 Å². The minimum absolute atomic E-state index is 0.673. The van der Waals surface area contributed by atoms with Gasteiger partial charge in [0.25, 0.3) is 0 Å². The van der Waals surface area contributed by atoms with Gasteiger partial charge in [0.1, 0.15) is 10.6 Å². The normalized spacial score (nSPS) is 16.2. The van der Waals surface area contributed by atoms with Crippen LogP contribution in [0.1, 0.15) is 24.3 Å². The molecule has 0 unspecified atom stereocenters. The molecule has 128 valence electrons. The molecule has 1 fully saturated rings. The van der Waals surface area contributed by atoms with E-state index in [2.05, 4.69) is 15.1 Å². The van der Waals surface area contributed by atoms with Crippen molar-refractivity contribution < 1.29 is 4.42 Å². The van der Waals surface area contributed by atoms with E-state index in [1.807, 2.05) is 34.8 Å². The molecule has 0 amide bonds. The number of furan rings is 1. The molecule has 25 heavy (non-hydrogen) atoms. The number of hydrogen-bond acceptors (Lipinski definition) is 6. The SMILES string of the molecule is c1ccc2oc(-c3nnc4sc(CCN5CCCCC5)nn34)cc2c1. The Hall–Kier alpha value is -2.25. The molecular formula is C18H19N5OS. The number of benzene rings is 1. The minimum Gasteiger partial charge on any atom is -0.453 e. The van der Waals surface area contributed by atoms with Crippen molar-refractivity contribution in [1.82, 2.24) is 24.7 Å². The fourth-order valence-corrected chi connectivity index (χ4v) is 4.26. The minimum atomic E-state index is 0.673. The van der Waals surface area contributed by atoms with E-state index in [0.717, 1.165) is 33.9 Å². The second-order valence-electron chi connectivity index (χ2n) is 6.51. The molecule has 7 heteroatoms. The lowest BCUT2D eigenvalue weighted by Crippen LogP contribution is -2.31. The first-order chi connectivity index (χ1) is 12.4. The van der Waals surface area contributed by atoms with Crippen LogP contribution in [0.5, 0.6) is 0 Å². The molecule has 1 aromatic carbocycles. The van der Waals surface area contributed by atoms with Gasteiger partial charge in [-0.3, -0.25) is 0 Å². The van der Waals surface area contributed by atoms with E-state index in [1.54, 1.807) is 11.3 Å². The van der Waals surface area contributed by atoms with Crippen molar-refractivity contribution in [3.05, 3.63) is 35.3 Å². The van der Waals surface area contributed by atoms with Crippen LogP contribution in [0.3, 0.4) is 0 Å². The summed E-state index contributed by atoms with van der Waals surface area (Å²) < 4.78 is 7.73. The van der Waals surface area contributed by atoms with Crippen LogP contribution in [0.2, 0.25) is 0 Å². The third-order valence-corrected chi connectivity index (χ3v) is 5.73. The molecule has 0 saturated carbocycles. The van der Waals surface area contributed by atoms with E-state index in [-0.39, 0.29) is 0 Å². The first-order valence-corrected chi connectivity index (χ1v) is 9.61. The number of hydrogen-bond donors (Lipinski definition) is 0. The predicted molar refractivity (Wildman–Crippen MR) is 97.9 cm³/mol. The van der Waals surface area contributed by atoms with Gasteiger partial charge in [0.2, 0.25) is 10.8 Å². The molecule has 0 spiro atoms. The molecule has 0 bridgehead atoms. The van der Waals surface area contributed by atoms with Gasteiger partial charge in [0.05, 0.1) is 0 Å². The summed E-state index contributed by atoms with van der Waals surface area (Å²) >= 11 is 1.62. The number of fused-ring (bicyclic) bond motifs is 2. The molecule has 4 aromatic rings. The van der Waals surface area contributed by atoms with Crippen LogP contribution in [0.15, 0.2) is 34.7 Å². The highest BCUT2D eigenvalue weighted by Crippen LogP contribution is 2.28. The molecule has 0 atom stereocenters. The van der Waals surface area contributed by atoms with Crippen molar-refractivity contribution in [3.8, 4) is 11.6 Å². The Bertz CT molecular complexity index is 978. The smallest absolute Gasteiger partial charge is 0.235 e. The molecule has 0 radical (unpaired) electrons. The van der Waals surface area contributed by atoms with Crippen LogP contribution in [0.25, 0.3) is 27.5 Å². The molecule has 0 N–H and O–H groups in total. The van der Waals surface area contributed by atoms with E-state index in [0.29, 0.717) is 11.6 Å². The molecule has 4 heterocycles. The third kappa shape index (κ3) is 2.83. The van der Waals surface area contributed by atoms with Gasteiger partial charge < -0.3 is 9.32 Å². The van der Waals surface area contributed by atoms with Gasteiger partial charge in [-0.2, -0.15) is 9.61 Å². The fraction of sp³-hybridized carbons (Fsp3) is 0.389. The van der Waals surface area contributed by atoms with E-state index in [9.17, 15) is 0 Å². The third-order valence-electron chi connectivity index (χ3n) is 4.77. The van der Waals surface area contributed by atoms with E-state index in [1.165, 1.54) is 32.4 Å². The second-order valence-corrected chi connectivity index (χ2v) is 7.56. The average Bonchev–Trinajstić information content (AvgIpc) is 3.33. The Kier molecular flexibility index (Phi) is 3.75.